The van der Waals surface area contributed by atoms with Crippen LogP contribution in [0.15, 0.2) is 11.6 Å². The fourth-order valence-electron chi connectivity index (χ4n) is 0.806. The summed E-state index contributed by atoms with van der Waals surface area (Å²) in [7, 11) is 0. The highest BCUT2D eigenvalue weighted by molar-refractivity contribution is 5.23. The molecular formula is C6H5F2N. The Morgan fingerprint density at radius 2 is 2.11 bits per heavy atom. The Labute approximate surface area is 51.6 Å². The minimum absolute atomic E-state index is 0.222. The summed E-state index contributed by atoms with van der Waals surface area (Å²) in [5.74, 6) is -2.53. The lowest BCUT2D eigenvalue weighted by atomic mass is 9.88. The molecule has 0 unspecified atom stereocenters. The van der Waals surface area contributed by atoms with E-state index in [-0.39, 0.29) is 12.8 Å². The van der Waals surface area contributed by atoms with Crippen molar-refractivity contribution in [1.82, 2.24) is 0 Å². The highest BCUT2D eigenvalue weighted by Crippen LogP contribution is 2.41. The summed E-state index contributed by atoms with van der Waals surface area (Å²) in [4.78, 5) is 0. The van der Waals surface area contributed by atoms with Crippen LogP contribution in [0.25, 0.3) is 0 Å². The van der Waals surface area contributed by atoms with Crippen LogP contribution < -0.4 is 0 Å². The third-order valence-electron chi connectivity index (χ3n) is 1.24. The predicted octanol–water partition coefficient (Wildman–Crippen LogP) is 1.87. The van der Waals surface area contributed by atoms with Gasteiger partial charge in [0.25, 0.3) is 5.92 Å². The molecule has 0 aliphatic heterocycles. The average molecular weight is 129 g/mol. The molecule has 0 bridgehead atoms. The van der Waals surface area contributed by atoms with E-state index in [0.717, 1.165) is 0 Å². The molecular weight excluding hydrogens is 124 g/mol. The number of hydrogen-bond acceptors (Lipinski definition) is 1. The van der Waals surface area contributed by atoms with E-state index in [1.807, 2.05) is 0 Å². The first-order chi connectivity index (χ1) is 4.14. The molecule has 0 aromatic heterocycles. The van der Waals surface area contributed by atoms with E-state index in [2.05, 4.69) is 0 Å². The Morgan fingerprint density at radius 1 is 1.56 bits per heavy atom. The Balaban J connectivity index is 2.46. The molecule has 1 aliphatic rings. The van der Waals surface area contributed by atoms with Crippen LogP contribution in [0.5, 0.6) is 0 Å². The molecule has 0 heterocycles. The van der Waals surface area contributed by atoms with Gasteiger partial charge in [-0.1, -0.05) is 0 Å². The number of nitrogens with zero attached hydrogens (tertiary/aromatic N) is 1. The van der Waals surface area contributed by atoms with Crippen molar-refractivity contribution in [3.8, 4) is 6.07 Å². The standard InChI is InChI=1S/C6H5F2N/c7-6(8)3-5(4-6)1-2-9/h1H,3-4H2. The molecule has 0 atom stereocenters. The Morgan fingerprint density at radius 3 is 2.44 bits per heavy atom. The minimum atomic E-state index is -2.53. The number of halogens is 2. The Hall–Kier alpha value is -0.910. The molecule has 3 heteroatoms. The zero-order chi connectivity index (χ0) is 6.91. The SMILES string of the molecule is N#CC=C1CC(F)(F)C1. The molecule has 0 radical (unpaired) electrons. The molecule has 1 nitrogen and oxygen atoms in total. The van der Waals surface area contributed by atoms with Gasteiger partial charge in [-0.25, -0.2) is 8.78 Å². The first-order valence-electron chi connectivity index (χ1n) is 2.59. The van der Waals surface area contributed by atoms with Crippen LogP contribution in [0.3, 0.4) is 0 Å². The lowest BCUT2D eigenvalue weighted by Gasteiger charge is -2.27. The van der Waals surface area contributed by atoms with Crippen molar-refractivity contribution in [3.05, 3.63) is 11.6 Å². The van der Waals surface area contributed by atoms with E-state index in [1.54, 1.807) is 6.07 Å². The predicted molar refractivity (Wildman–Crippen MR) is 27.9 cm³/mol. The maximum Gasteiger partial charge on any atom is 0.255 e. The zero-order valence-electron chi connectivity index (χ0n) is 4.69. The van der Waals surface area contributed by atoms with Gasteiger partial charge in [-0.15, -0.1) is 0 Å². The van der Waals surface area contributed by atoms with Crippen LogP contribution in [-0.2, 0) is 0 Å². The van der Waals surface area contributed by atoms with Gasteiger partial charge in [-0.2, -0.15) is 5.26 Å². The molecule has 0 N–H and O–H groups in total. The molecule has 0 spiro atoms. The van der Waals surface area contributed by atoms with Crippen molar-refractivity contribution >= 4 is 0 Å². The van der Waals surface area contributed by atoms with Gasteiger partial charge in [-0.05, 0) is 5.57 Å². The number of hydrogen-bond donors (Lipinski definition) is 0. The van der Waals surface area contributed by atoms with Crippen LogP contribution >= 0.6 is 0 Å². The second kappa shape index (κ2) is 1.80. The van der Waals surface area contributed by atoms with E-state index in [0.29, 0.717) is 5.57 Å². The molecule has 0 aromatic carbocycles. The summed E-state index contributed by atoms with van der Waals surface area (Å²) < 4.78 is 23.9. The maximum atomic E-state index is 12.0. The van der Waals surface area contributed by atoms with Crippen LogP contribution in [0.4, 0.5) is 8.78 Å². The smallest absolute Gasteiger partial charge is 0.206 e. The molecule has 1 fully saturated rings. The van der Waals surface area contributed by atoms with Crippen molar-refractivity contribution in [1.29, 1.82) is 5.26 Å². The fourth-order valence-corrected chi connectivity index (χ4v) is 0.806. The topological polar surface area (TPSA) is 23.8 Å². The lowest BCUT2D eigenvalue weighted by molar-refractivity contribution is -0.0365. The molecule has 0 aromatic rings. The van der Waals surface area contributed by atoms with Crippen molar-refractivity contribution in [2.75, 3.05) is 0 Å². The minimum Gasteiger partial charge on any atom is -0.206 e. The molecule has 0 amide bonds. The van der Waals surface area contributed by atoms with Crippen LogP contribution in [0, 0.1) is 11.3 Å². The first-order valence-corrected chi connectivity index (χ1v) is 2.59. The van der Waals surface area contributed by atoms with Crippen LogP contribution in [-0.4, -0.2) is 5.92 Å². The van der Waals surface area contributed by atoms with Gasteiger partial charge in [-0.3, -0.25) is 0 Å². The van der Waals surface area contributed by atoms with Gasteiger partial charge >= 0.3 is 0 Å². The van der Waals surface area contributed by atoms with Crippen LogP contribution in [0.1, 0.15) is 12.8 Å². The number of nitriles is 1. The molecule has 48 valence electrons. The van der Waals surface area contributed by atoms with E-state index in [4.69, 9.17) is 5.26 Å². The van der Waals surface area contributed by atoms with Crippen molar-refractivity contribution in [3.63, 3.8) is 0 Å². The summed E-state index contributed by atoms with van der Waals surface area (Å²) in [5.41, 5.74) is 0.558. The van der Waals surface area contributed by atoms with Crippen LogP contribution in [0.2, 0.25) is 0 Å². The second-order valence-corrected chi connectivity index (χ2v) is 2.14. The molecule has 0 saturated heterocycles. The molecule has 9 heavy (non-hydrogen) atoms. The normalized spacial score (nSPS) is 22.1. The third-order valence-corrected chi connectivity index (χ3v) is 1.24. The van der Waals surface area contributed by atoms with Crippen molar-refractivity contribution < 1.29 is 8.78 Å². The molecule has 1 saturated carbocycles. The van der Waals surface area contributed by atoms with Gasteiger partial charge in [0.2, 0.25) is 0 Å². The monoisotopic (exact) mass is 129 g/mol. The van der Waals surface area contributed by atoms with Gasteiger partial charge < -0.3 is 0 Å². The average Bonchev–Trinajstić information content (AvgIpc) is 1.62. The van der Waals surface area contributed by atoms with Crippen molar-refractivity contribution in [2.24, 2.45) is 0 Å². The van der Waals surface area contributed by atoms with Gasteiger partial charge in [0, 0.05) is 18.9 Å². The molecule has 1 aliphatic carbocycles. The van der Waals surface area contributed by atoms with E-state index >= 15 is 0 Å². The number of rotatable bonds is 0. The van der Waals surface area contributed by atoms with Gasteiger partial charge in [0.1, 0.15) is 0 Å². The second-order valence-electron chi connectivity index (χ2n) is 2.14. The zero-order valence-corrected chi connectivity index (χ0v) is 4.69. The van der Waals surface area contributed by atoms with E-state index < -0.39 is 5.92 Å². The lowest BCUT2D eigenvalue weighted by Crippen LogP contribution is -2.28. The summed E-state index contributed by atoms with van der Waals surface area (Å²) in [6.45, 7) is 0. The highest BCUT2D eigenvalue weighted by atomic mass is 19.3. The quantitative estimate of drug-likeness (QED) is 0.458. The number of allylic oxidation sites excluding steroid dienone is 2. The van der Waals surface area contributed by atoms with Gasteiger partial charge in [0.05, 0.1) is 6.07 Å². The summed E-state index contributed by atoms with van der Waals surface area (Å²) in [5, 5.41) is 8.00. The first kappa shape index (κ1) is 6.21. The van der Waals surface area contributed by atoms with E-state index in [9.17, 15) is 8.78 Å². The molecule has 1 rings (SSSR count). The largest absolute Gasteiger partial charge is 0.255 e. The van der Waals surface area contributed by atoms with Gasteiger partial charge in [0.15, 0.2) is 0 Å². The van der Waals surface area contributed by atoms with Crippen molar-refractivity contribution in [2.45, 2.75) is 18.8 Å². The highest BCUT2D eigenvalue weighted by Gasteiger charge is 2.40. The number of alkyl halides is 2. The van der Waals surface area contributed by atoms with E-state index in [1.165, 1.54) is 6.08 Å². The third kappa shape index (κ3) is 1.26. The maximum absolute atomic E-state index is 12.0. The summed E-state index contributed by atoms with van der Waals surface area (Å²) in [6, 6.07) is 1.71. The summed E-state index contributed by atoms with van der Waals surface area (Å²) in [6.07, 6.45) is 0.749. The Kier molecular flexibility index (Phi) is 1.24. The summed E-state index contributed by atoms with van der Waals surface area (Å²) >= 11 is 0. The Bertz CT molecular complexity index is 178. The fraction of sp³-hybridized carbons (Fsp3) is 0.500.